The van der Waals surface area contributed by atoms with Crippen molar-refractivity contribution >= 4 is 33.8 Å². The van der Waals surface area contributed by atoms with Crippen LogP contribution >= 0.6 is 15.9 Å². The normalized spacial score (nSPS) is 21.0. The first-order valence-electron chi connectivity index (χ1n) is 10.0. The monoisotopic (exact) mass is 469 g/mol. The lowest BCUT2D eigenvalue weighted by Crippen LogP contribution is -2.45. The minimum atomic E-state index is -1.17. The summed E-state index contributed by atoms with van der Waals surface area (Å²) in [5.41, 5.74) is 1.61. The van der Waals surface area contributed by atoms with E-state index in [1.807, 2.05) is 55.5 Å². The van der Waals surface area contributed by atoms with Crippen LogP contribution in [0.15, 0.2) is 53.0 Å². The van der Waals surface area contributed by atoms with Gasteiger partial charge >= 0.3 is 6.03 Å². The summed E-state index contributed by atoms with van der Waals surface area (Å²) < 4.78 is 0.950. The van der Waals surface area contributed by atoms with Crippen LogP contribution in [-0.4, -0.2) is 40.2 Å². The number of benzene rings is 2. The van der Waals surface area contributed by atoms with Gasteiger partial charge in [0.05, 0.1) is 0 Å². The second kappa shape index (κ2) is 7.87. The molecular weight excluding hydrogens is 446 g/mol. The highest BCUT2D eigenvalue weighted by Gasteiger charge is 2.50. The Morgan fingerprint density at radius 3 is 2.53 bits per heavy atom. The molecule has 4 rings (SSSR count). The molecule has 1 aliphatic heterocycles. The highest BCUT2D eigenvalue weighted by atomic mass is 79.9. The summed E-state index contributed by atoms with van der Waals surface area (Å²) in [6, 6.07) is 14.9. The topological polar surface area (TPSA) is 69.7 Å². The van der Waals surface area contributed by atoms with Crippen molar-refractivity contribution in [3.8, 4) is 0 Å². The molecule has 4 amide bonds. The van der Waals surface area contributed by atoms with Crippen molar-refractivity contribution in [2.45, 2.75) is 44.8 Å². The Kier molecular flexibility index (Phi) is 5.40. The molecule has 2 aromatic carbocycles. The summed E-state index contributed by atoms with van der Waals surface area (Å²) in [6.45, 7) is 3.85. The van der Waals surface area contributed by atoms with Gasteiger partial charge in [-0.05, 0) is 49.9 Å². The van der Waals surface area contributed by atoms with Gasteiger partial charge in [-0.3, -0.25) is 14.5 Å². The highest BCUT2D eigenvalue weighted by molar-refractivity contribution is 9.10. The number of nitrogens with one attached hydrogen (secondary N) is 1. The Balaban J connectivity index is 1.51. The zero-order valence-corrected chi connectivity index (χ0v) is 18.6. The molecule has 1 unspecified atom stereocenters. The van der Waals surface area contributed by atoms with Gasteiger partial charge in [0.15, 0.2) is 0 Å². The number of hydrogen-bond donors (Lipinski definition) is 1. The van der Waals surface area contributed by atoms with E-state index in [0.29, 0.717) is 12.1 Å². The number of aryl methyl sites for hydroxylation is 1. The third-order valence-corrected chi connectivity index (χ3v) is 6.24. The highest BCUT2D eigenvalue weighted by Crippen LogP contribution is 2.31. The molecule has 2 fully saturated rings. The predicted molar refractivity (Wildman–Crippen MR) is 116 cm³/mol. The minimum absolute atomic E-state index is 0.167. The lowest BCUT2D eigenvalue weighted by Gasteiger charge is -2.25. The van der Waals surface area contributed by atoms with Gasteiger partial charge in [0.2, 0.25) is 5.91 Å². The van der Waals surface area contributed by atoms with E-state index in [2.05, 4.69) is 21.2 Å². The summed E-state index contributed by atoms with van der Waals surface area (Å²) in [6.07, 6.45) is 1.89. The number of imide groups is 1. The molecule has 1 aliphatic carbocycles. The van der Waals surface area contributed by atoms with E-state index in [9.17, 15) is 14.4 Å². The van der Waals surface area contributed by atoms with Crippen molar-refractivity contribution in [2.24, 2.45) is 0 Å². The molecule has 156 valence electrons. The largest absolute Gasteiger partial charge is 0.334 e. The summed E-state index contributed by atoms with van der Waals surface area (Å²) in [5.74, 6) is -0.614. The molecule has 2 aromatic rings. The van der Waals surface area contributed by atoms with Crippen molar-refractivity contribution in [3.63, 3.8) is 0 Å². The lowest BCUT2D eigenvalue weighted by atomic mass is 9.91. The second-order valence-corrected chi connectivity index (χ2v) is 9.11. The maximum absolute atomic E-state index is 13.1. The SMILES string of the molecule is Cc1ccc(C2(C)NC(=O)N(CC(=O)N(Cc3cccc(Br)c3)C3CC3)C2=O)cc1. The zero-order chi connectivity index (χ0) is 21.5. The van der Waals surface area contributed by atoms with Crippen LogP contribution in [-0.2, 0) is 21.7 Å². The second-order valence-electron chi connectivity index (χ2n) is 8.20. The maximum atomic E-state index is 13.1. The Morgan fingerprint density at radius 1 is 1.20 bits per heavy atom. The van der Waals surface area contributed by atoms with Crippen molar-refractivity contribution in [3.05, 3.63) is 69.7 Å². The Hall–Kier alpha value is -2.67. The molecule has 0 spiro atoms. The van der Waals surface area contributed by atoms with Crippen molar-refractivity contribution in [2.75, 3.05) is 6.54 Å². The first kappa shape index (κ1) is 20.6. The number of urea groups is 1. The van der Waals surface area contributed by atoms with Crippen LogP contribution in [0.25, 0.3) is 0 Å². The van der Waals surface area contributed by atoms with Gasteiger partial charge in [-0.2, -0.15) is 0 Å². The molecule has 6 nitrogen and oxygen atoms in total. The third-order valence-electron chi connectivity index (χ3n) is 5.75. The molecular formula is C23H24BrN3O3. The quantitative estimate of drug-likeness (QED) is 0.655. The summed E-state index contributed by atoms with van der Waals surface area (Å²) in [5, 5.41) is 2.77. The van der Waals surface area contributed by atoms with Crippen LogP contribution in [0.3, 0.4) is 0 Å². The minimum Gasteiger partial charge on any atom is -0.334 e. The van der Waals surface area contributed by atoms with E-state index >= 15 is 0 Å². The molecule has 1 saturated carbocycles. The molecule has 1 atom stereocenters. The van der Waals surface area contributed by atoms with E-state index in [0.717, 1.165) is 33.3 Å². The van der Waals surface area contributed by atoms with Crippen LogP contribution in [0.5, 0.6) is 0 Å². The Morgan fingerprint density at radius 2 is 1.90 bits per heavy atom. The van der Waals surface area contributed by atoms with Gasteiger partial charge < -0.3 is 10.2 Å². The summed E-state index contributed by atoms with van der Waals surface area (Å²) in [4.78, 5) is 41.7. The molecule has 30 heavy (non-hydrogen) atoms. The van der Waals surface area contributed by atoms with E-state index in [1.165, 1.54) is 0 Å². The number of nitrogens with zero attached hydrogens (tertiary/aromatic N) is 2. The number of rotatable bonds is 6. The number of carbonyl (C=O) groups excluding carboxylic acids is 3. The molecule has 2 aliphatic rings. The van der Waals surface area contributed by atoms with E-state index in [1.54, 1.807) is 11.8 Å². The fourth-order valence-electron chi connectivity index (χ4n) is 3.79. The number of carbonyl (C=O) groups is 3. The predicted octanol–water partition coefficient (Wildman–Crippen LogP) is 3.72. The van der Waals surface area contributed by atoms with E-state index < -0.39 is 17.5 Å². The standard InChI is InChI=1S/C23H24BrN3O3/c1-15-6-8-17(9-7-15)23(2)21(29)27(22(30)25-23)14-20(28)26(19-10-11-19)13-16-4-3-5-18(24)12-16/h3-9,12,19H,10-11,13-14H2,1-2H3,(H,25,30). The van der Waals surface area contributed by atoms with E-state index in [-0.39, 0.29) is 18.5 Å². The van der Waals surface area contributed by atoms with E-state index in [4.69, 9.17) is 0 Å². The molecule has 1 N–H and O–H groups in total. The van der Waals surface area contributed by atoms with Gasteiger partial charge in [0, 0.05) is 17.1 Å². The molecule has 1 saturated heterocycles. The van der Waals surface area contributed by atoms with Crippen molar-refractivity contribution < 1.29 is 14.4 Å². The van der Waals surface area contributed by atoms with Gasteiger partial charge in [-0.1, -0.05) is 57.9 Å². The van der Waals surface area contributed by atoms with Gasteiger partial charge in [-0.25, -0.2) is 4.79 Å². The van der Waals surface area contributed by atoms with Crippen LogP contribution in [0, 0.1) is 6.92 Å². The zero-order valence-electron chi connectivity index (χ0n) is 17.0. The van der Waals surface area contributed by atoms with Gasteiger partial charge in [-0.15, -0.1) is 0 Å². The number of hydrogen-bond acceptors (Lipinski definition) is 3. The number of halogens is 1. The fraction of sp³-hybridized carbons (Fsp3) is 0.348. The lowest BCUT2D eigenvalue weighted by molar-refractivity contribution is -0.139. The van der Waals surface area contributed by atoms with Crippen molar-refractivity contribution in [1.82, 2.24) is 15.1 Å². The van der Waals surface area contributed by atoms with Gasteiger partial charge in [0.25, 0.3) is 5.91 Å². The van der Waals surface area contributed by atoms with Crippen LogP contribution in [0.1, 0.15) is 36.5 Å². The molecule has 7 heteroatoms. The van der Waals surface area contributed by atoms with Crippen LogP contribution in [0.4, 0.5) is 4.79 Å². The maximum Gasteiger partial charge on any atom is 0.325 e. The van der Waals surface area contributed by atoms with Gasteiger partial charge in [0.1, 0.15) is 12.1 Å². The Labute approximate surface area is 184 Å². The first-order valence-corrected chi connectivity index (χ1v) is 10.8. The first-order chi connectivity index (χ1) is 14.3. The molecule has 0 bridgehead atoms. The number of amides is 4. The third kappa shape index (κ3) is 3.99. The Bertz CT molecular complexity index is 1000. The molecule has 0 radical (unpaired) electrons. The molecule has 0 aromatic heterocycles. The smallest absolute Gasteiger partial charge is 0.325 e. The van der Waals surface area contributed by atoms with Crippen LogP contribution in [0.2, 0.25) is 0 Å². The van der Waals surface area contributed by atoms with Crippen LogP contribution < -0.4 is 5.32 Å². The molecule has 1 heterocycles. The summed E-state index contributed by atoms with van der Waals surface area (Å²) >= 11 is 3.46. The average molecular weight is 470 g/mol. The average Bonchev–Trinajstić information content (AvgIpc) is 3.51. The fourth-order valence-corrected chi connectivity index (χ4v) is 4.23. The summed E-state index contributed by atoms with van der Waals surface area (Å²) in [7, 11) is 0. The van der Waals surface area contributed by atoms with Crippen molar-refractivity contribution in [1.29, 1.82) is 0 Å².